The maximum Gasteiger partial charge on any atom is 0.324 e. The maximum atomic E-state index is 13.0. The molecule has 2 aromatic carbocycles. The molecule has 0 saturated carbocycles. The van der Waals surface area contributed by atoms with Gasteiger partial charge in [-0.3, -0.25) is 9.10 Å². The van der Waals surface area contributed by atoms with Crippen molar-refractivity contribution in [2.45, 2.75) is 24.8 Å². The zero-order valence-electron chi connectivity index (χ0n) is 14.0. The van der Waals surface area contributed by atoms with E-state index < -0.39 is 22.5 Å². The standard InChI is InChI=1S/C17H17Cl2NO5S/c1-11(2)25-14-6-4-13(5-7-14)20(10-17(21)22)26(23,24)16-9-12(18)3-8-15(16)19/h3-9,11H,10H2,1-2H3,(H,21,22). The summed E-state index contributed by atoms with van der Waals surface area (Å²) in [6.45, 7) is 2.95. The first-order valence-corrected chi connectivity index (χ1v) is 9.77. The van der Waals surface area contributed by atoms with E-state index in [0.717, 1.165) is 4.31 Å². The molecule has 0 aliphatic heterocycles. The number of carboxylic acids is 1. The third kappa shape index (κ3) is 4.81. The lowest BCUT2D eigenvalue weighted by Gasteiger charge is -2.23. The van der Waals surface area contributed by atoms with Crippen molar-refractivity contribution in [3.8, 4) is 5.75 Å². The van der Waals surface area contributed by atoms with Gasteiger partial charge in [0.2, 0.25) is 0 Å². The average molecular weight is 418 g/mol. The van der Waals surface area contributed by atoms with Crippen molar-refractivity contribution < 1.29 is 23.1 Å². The quantitative estimate of drug-likeness (QED) is 0.733. The average Bonchev–Trinajstić information content (AvgIpc) is 2.55. The second kappa shape index (κ2) is 8.16. The van der Waals surface area contributed by atoms with Crippen LogP contribution in [0.5, 0.6) is 5.75 Å². The number of rotatable bonds is 7. The highest BCUT2D eigenvalue weighted by molar-refractivity contribution is 7.93. The molecular weight excluding hydrogens is 401 g/mol. The minimum absolute atomic E-state index is 0.0510. The molecule has 0 fully saturated rings. The van der Waals surface area contributed by atoms with E-state index in [1.54, 1.807) is 12.1 Å². The molecule has 0 spiro atoms. The van der Waals surface area contributed by atoms with E-state index in [9.17, 15) is 13.2 Å². The van der Waals surface area contributed by atoms with Gasteiger partial charge in [0.25, 0.3) is 10.0 Å². The topological polar surface area (TPSA) is 83.9 Å². The van der Waals surface area contributed by atoms with Gasteiger partial charge < -0.3 is 9.84 Å². The van der Waals surface area contributed by atoms with Crippen LogP contribution >= 0.6 is 23.2 Å². The predicted molar refractivity (Wildman–Crippen MR) is 101 cm³/mol. The van der Waals surface area contributed by atoms with Gasteiger partial charge in [-0.25, -0.2) is 8.42 Å². The van der Waals surface area contributed by atoms with E-state index in [0.29, 0.717) is 5.75 Å². The summed E-state index contributed by atoms with van der Waals surface area (Å²) in [6.07, 6.45) is -0.0510. The minimum atomic E-state index is -4.24. The molecule has 0 aliphatic carbocycles. The Kier molecular flexibility index (Phi) is 6.39. The summed E-state index contributed by atoms with van der Waals surface area (Å²) in [5, 5.41) is 9.28. The molecule has 0 radical (unpaired) electrons. The van der Waals surface area contributed by atoms with Crippen LogP contribution in [0, 0.1) is 0 Å². The van der Waals surface area contributed by atoms with Crippen LogP contribution in [0.4, 0.5) is 5.69 Å². The summed E-state index contributed by atoms with van der Waals surface area (Å²) in [6, 6.07) is 10.0. The Morgan fingerprint density at radius 3 is 2.31 bits per heavy atom. The van der Waals surface area contributed by atoms with Gasteiger partial charge in [0.1, 0.15) is 17.2 Å². The molecule has 0 amide bonds. The number of hydrogen-bond donors (Lipinski definition) is 1. The van der Waals surface area contributed by atoms with Crippen molar-refractivity contribution in [2.75, 3.05) is 10.8 Å². The highest BCUT2D eigenvalue weighted by atomic mass is 35.5. The number of halogens is 2. The molecule has 0 aromatic heterocycles. The third-order valence-electron chi connectivity index (χ3n) is 3.24. The van der Waals surface area contributed by atoms with Crippen LogP contribution in [0.3, 0.4) is 0 Å². The summed E-state index contributed by atoms with van der Waals surface area (Å²) in [5.41, 5.74) is 0.166. The monoisotopic (exact) mass is 417 g/mol. The van der Waals surface area contributed by atoms with Crippen LogP contribution in [0.1, 0.15) is 13.8 Å². The minimum Gasteiger partial charge on any atom is -0.491 e. The Balaban J connectivity index is 2.50. The van der Waals surface area contributed by atoms with Crippen molar-refractivity contribution in [1.82, 2.24) is 0 Å². The van der Waals surface area contributed by atoms with Crippen LogP contribution in [0.15, 0.2) is 47.4 Å². The number of anilines is 1. The number of aliphatic carboxylic acids is 1. The van der Waals surface area contributed by atoms with Crippen molar-refractivity contribution in [2.24, 2.45) is 0 Å². The van der Waals surface area contributed by atoms with Crippen LogP contribution in [-0.4, -0.2) is 32.1 Å². The second-order valence-corrected chi connectivity index (χ2v) is 8.32. The van der Waals surface area contributed by atoms with Gasteiger partial charge in [0.15, 0.2) is 0 Å². The predicted octanol–water partition coefficient (Wildman–Crippen LogP) is 4.06. The van der Waals surface area contributed by atoms with E-state index in [2.05, 4.69) is 0 Å². The van der Waals surface area contributed by atoms with Crippen molar-refractivity contribution in [1.29, 1.82) is 0 Å². The van der Waals surface area contributed by atoms with Gasteiger partial charge in [-0.2, -0.15) is 0 Å². The lowest BCUT2D eigenvalue weighted by Crippen LogP contribution is -2.35. The van der Waals surface area contributed by atoms with Gasteiger partial charge >= 0.3 is 5.97 Å². The first kappa shape index (κ1) is 20.4. The van der Waals surface area contributed by atoms with Crippen LogP contribution in [0.2, 0.25) is 10.0 Å². The number of ether oxygens (including phenoxy) is 1. The Morgan fingerprint density at radius 2 is 1.77 bits per heavy atom. The van der Waals surface area contributed by atoms with Gasteiger partial charge in [0, 0.05) is 5.02 Å². The summed E-state index contributed by atoms with van der Waals surface area (Å²) < 4.78 is 32.3. The van der Waals surface area contributed by atoms with E-state index in [4.69, 9.17) is 33.0 Å². The SMILES string of the molecule is CC(C)Oc1ccc(N(CC(=O)O)S(=O)(=O)c2cc(Cl)ccc2Cl)cc1. The lowest BCUT2D eigenvalue weighted by molar-refractivity contribution is -0.135. The molecule has 0 saturated heterocycles. The van der Waals surface area contributed by atoms with E-state index in [1.165, 1.54) is 30.3 Å². The zero-order chi connectivity index (χ0) is 19.5. The molecule has 26 heavy (non-hydrogen) atoms. The number of benzene rings is 2. The van der Waals surface area contributed by atoms with Gasteiger partial charge in [-0.1, -0.05) is 23.2 Å². The summed E-state index contributed by atoms with van der Waals surface area (Å²) in [5.74, 6) is -0.772. The van der Waals surface area contributed by atoms with Gasteiger partial charge in [-0.15, -0.1) is 0 Å². The molecule has 0 bridgehead atoms. The Hall–Kier alpha value is -1.96. The fraction of sp³-hybridized carbons (Fsp3) is 0.235. The normalized spacial score (nSPS) is 11.4. The van der Waals surface area contributed by atoms with Crippen LogP contribution in [-0.2, 0) is 14.8 Å². The number of carboxylic acid groups (broad SMARTS) is 1. The summed E-state index contributed by atoms with van der Waals surface area (Å²) in [4.78, 5) is 11.0. The lowest BCUT2D eigenvalue weighted by atomic mass is 10.3. The number of sulfonamides is 1. The molecule has 0 heterocycles. The molecule has 9 heteroatoms. The Labute approximate surface area is 162 Å². The fourth-order valence-electron chi connectivity index (χ4n) is 2.19. The van der Waals surface area contributed by atoms with Gasteiger partial charge in [-0.05, 0) is 56.3 Å². The van der Waals surface area contributed by atoms with Crippen LogP contribution in [0.25, 0.3) is 0 Å². The molecule has 2 rings (SSSR count). The Bertz CT molecular complexity index is 898. The molecule has 0 atom stereocenters. The van der Waals surface area contributed by atoms with E-state index in [-0.39, 0.29) is 26.7 Å². The van der Waals surface area contributed by atoms with E-state index >= 15 is 0 Å². The van der Waals surface area contributed by atoms with Crippen LogP contribution < -0.4 is 9.04 Å². The molecular formula is C17H17Cl2NO5S. The first-order valence-electron chi connectivity index (χ1n) is 7.57. The fourth-order valence-corrected chi connectivity index (χ4v) is 4.35. The Morgan fingerprint density at radius 1 is 1.15 bits per heavy atom. The highest BCUT2D eigenvalue weighted by Crippen LogP contribution is 2.31. The zero-order valence-corrected chi connectivity index (χ0v) is 16.3. The largest absolute Gasteiger partial charge is 0.491 e. The molecule has 0 unspecified atom stereocenters. The molecule has 6 nitrogen and oxygen atoms in total. The van der Waals surface area contributed by atoms with Crippen molar-refractivity contribution in [3.05, 3.63) is 52.5 Å². The molecule has 2 aromatic rings. The number of hydrogen-bond acceptors (Lipinski definition) is 4. The molecule has 140 valence electrons. The smallest absolute Gasteiger partial charge is 0.324 e. The molecule has 0 aliphatic rings. The van der Waals surface area contributed by atoms with E-state index in [1.807, 2.05) is 13.8 Å². The first-order chi connectivity index (χ1) is 12.1. The second-order valence-electron chi connectivity index (χ2n) is 5.64. The van der Waals surface area contributed by atoms with Gasteiger partial charge in [0.05, 0.1) is 16.8 Å². The number of carbonyl (C=O) groups is 1. The number of nitrogens with zero attached hydrogens (tertiary/aromatic N) is 1. The summed E-state index contributed by atoms with van der Waals surface area (Å²) in [7, 11) is -4.24. The van der Waals surface area contributed by atoms with Crippen molar-refractivity contribution >= 4 is 44.9 Å². The third-order valence-corrected chi connectivity index (χ3v) is 5.73. The molecule has 1 N–H and O–H groups in total. The maximum absolute atomic E-state index is 13.0. The highest BCUT2D eigenvalue weighted by Gasteiger charge is 2.29. The summed E-state index contributed by atoms with van der Waals surface area (Å²) >= 11 is 11.9. The van der Waals surface area contributed by atoms with Crippen molar-refractivity contribution in [3.63, 3.8) is 0 Å².